The number of aromatic amines is 1. The van der Waals surface area contributed by atoms with Gasteiger partial charge in [0.05, 0.1) is 23.9 Å². The summed E-state index contributed by atoms with van der Waals surface area (Å²) >= 11 is 6.08. The number of pyridine rings is 1. The molecule has 3 rings (SSSR count). The van der Waals surface area contributed by atoms with E-state index in [2.05, 4.69) is 10.3 Å². The van der Waals surface area contributed by atoms with Crippen LogP contribution in [0, 0.1) is 6.92 Å². The smallest absolute Gasteiger partial charge is 0.322 e. The van der Waals surface area contributed by atoms with Crippen molar-refractivity contribution in [3.05, 3.63) is 75.0 Å². The van der Waals surface area contributed by atoms with E-state index in [-0.39, 0.29) is 25.3 Å². The number of rotatable bonds is 5. The van der Waals surface area contributed by atoms with Crippen LogP contribution in [0.2, 0.25) is 5.02 Å². The van der Waals surface area contributed by atoms with Gasteiger partial charge in [0.1, 0.15) is 0 Å². The zero-order valence-electron chi connectivity index (χ0n) is 14.8. The van der Waals surface area contributed by atoms with Gasteiger partial charge in [0.2, 0.25) is 0 Å². The molecular weight excluding hydrogens is 366 g/mol. The van der Waals surface area contributed by atoms with Crippen molar-refractivity contribution < 1.29 is 9.90 Å². The van der Waals surface area contributed by atoms with E-state index in [0.717, 1.165) is 16.5 Å². The number of aliphatic hydroxyl groups excluding tert-OH is 1. The number of carbonyl (C=O) groups is 1. The number of aromatic nitrogens is 1. The molecule has 2 aromatic carbocycles. The summed E-state index contributed by atoms with van der Waals surface area (Å²) in [6.45, 7) is 1.90. The maximum Gasteiger partial charge on any atom is 0.322 e. The molecule has 3 aromatic rings. The molecule has 140 valence electrons. The van der Waals surface area contributed by atoms with E-state index < -0.39 is 6.03 Å². The number of para-hydroxylation sites is 1. The van der Waals surface area contributed by atoms with Crippen molar-refractivity contribution in [1.29, 1.82) is 0 Å². The molecular formula is C20H20ClN3O3. The number of anilines is 1. The quantitative estimate of drug-likeness (QED) is 0.628. The average molecular weight is 386 g/mol. The average Bonchev–Trinajstić information content (AvgIpc) is 2.64. The normalized spacial score (nSPS) is 10.8. The number of nitrogens with one attached hydrogen (secondary N) is 2. The second kappa shape index (κ2) is 8.24. The van der Waals surface area contributed by atoms with Gasteiger partial charge in [0, 0.05) is 17.6 Å². The van der Waals surface area contributed by atoms with Crippen molar-refractivity contribution in [3.8, 4) is 0 Å². The fraction of sp³-hybridized carbons (Fsp3) is 0.200. The zero-order chi connectivity index (χ0) is 19.4. The summed E-state index contributed by atoms with van der Waals surface area (Å²) < 4.78 is 0. The molecule has 7 heteroatoms. The molecule has 2 amide bonds. The Morgan fingerprint density at radius 1 is 1.22 bits per heavy atom. The first kappa shape index (κ1) is 18.9. The van der Waals surface area contributed by atoms with Crippen LogP contribution in [-0.4, -0.2) is 34.2 Å². The molecule has 0 fully saturated rings. The monoisotopic (exact) mass is 385 g/mol. The first-order valence-corrected chi connectivity index (χ1v) is 8.89. The van der Waals surface area contributed by atoms with Gasteiger partial charge in [-0.25, -0.2) is 4.79 Å². The number of H-pyrrole nitrogens is 1. The molecule has 0 spiro atoms. The number of benzene rings is 2. The Balaban J connectivity index is 1.86. The van der Waals surface area contributed by atoms with Gasteiger partial charge < -0.3 is 20.3 Å². The highest BCUT2D eigenvalue weighted by atomic mass is 35.5. The fourth-order valence-corrected chi connectivity index (χ4v) is 3.01. The minimum Gasteiger partial charge on any atom is -0.395 e. The van der Waals surface area contributed by atoms with Crippen LogP contribution in [0.15, 0.2) is 53.3 Å². The molecule has 6 nitrogen and oxygen atoms in total. The van der Waals surface area contributed by atoms with Crippen molar-refractivity contribution in [3.63, 3.8) is 0 Å². The van der Waals surface area contributed by atoms with E-state index in [1.54, 1.807) is 30.3 Å². The van der Waals surface area contributed by atoms with Gasteiger partial charge in [-0.05, 0) is 42.6 Å². The number of aryl methyl sites for hydroxylation is 1. The van der Waals surface area contributed by atoms with Crippen LogP contribution in [0.4, 0.5) is 10.5 Å². The van der Waals surface area contributed by atoms with Crippen LogP contribution in [0.5, 0.6) is 0 Å². The van der Waals surface area contributed by atoms with Crippen molar-refractivity contribution in [2.75, 3.05) is 18.5 Å². The SMILES string of the molecule is Cc1ccc2[nH]c(=O)c(CN(CCO)C(=O)Nc3ccccc3Cl)cc2c1. The zero-order valence-corrected chi connectivity index (χ0v) is 15.6. The summed E-state index contributed by atoms with van der Waals surface area (Å²) in [4.78, 5) is 29.2. The molecule has 27 heavy (non-hydrogen) atoms. The van der Waals surface area contributed by atoms with Crippen molar-refractivity contribution in [1.82, 2.24) is 9.88 Å². The fourth-order valence-electron chi connectivity index (χ4n) is 2.82. The number of halogens is 1. The lowest BCUT2D eigenvalue weighted by molar-refractivity contribution is 0.185. The molecule has 1 aromatic heterocycles. The number of hydrogen-bond donors (Lipinski definition) is 3. The first-order chi connectivity index (χ1) is 13.0. The Morgan fingerprint density at radius 3 is 2.74 bits per heavy atom. The number of urea groups is 1. The van der Waals surface area contributed by atoms with Crippen molar-refractivity contribution in [2.24, 2.45) is 0 Å². The number of nitrogens with zero attached hydrogens (tertiary/aromatic N) is 1. The summed E-state index contributed by atoms with van der Waals surface area (Å²) in [6, 6.07) is 13.9. The lowest BCUT2D eigenvalue weighted by Gasteiger charge is -2.22. The Hall–Kier alpha value is -2.83. The van der Waals surface area contributed by atoms with Crippen molar-refractivity contribution in [2.45, 2.75) is 13.5 Å². The molecule has 0 aliphatic carbocycles. The molecule has 0 saturated carbocycles. The lowest BCUT2D eigenvalue weighted by atomic mass is 10.1. The predicted molar refractivity (Wildman–Crippen MR) is 107 cm³/mol. The minimum absolute atomic E-state index is 0.0655. The molecule has 3 N–H and O–H groups in total. The van der Waals surface area contributed by atoms with Gasteiger partial charge in [0.25, 0.3) is 5.56 Å². The molecule has 0 radical (unpaired) electrons. The van der Waals surface area contributed by atoms with E-state index in [4.69, 9.17) is 11.6 Å². The topological polar surface area (TPSA) is 85.4 Å². The maximum atomic E-state index is 12.6. The molecule has 0 atom stereocenters. The predicted octanol–water partition coefficient (Wildman–Crippen LogP) is 3.52. The van der Waals surface area contributed by atoms with Crippen LogP contribution in [-0.2, 0) is 6.54 Å². The standard InChI is InChI=1S/C20H20ClN3O3/c1-13-6-7-17-14(10-13)11-15(19(26)22-17)12-24(8-9-25)20(27)23-18-5-3-2-4-16(18)21/h2-7,10-11,25H,8-9,12H2,1H3,(H,22,26)(H,23,27). The Labute approximate surface area is 161 Å². The van der Waals surface area contributed by atoms with Crippen LogP contribution in [0.3, 0.4) is 0 Å². The molecule has 0 aliphatic heterocycles. The highest BCUT2D eigenvalue weighted by Crippen LogP contribution is 2.21. The second-order valence-electron chi connectivity index (χ2n) is 6.27. The number of amides is 2. The Bertz CT molecular complexity index is 1030. The van der Waals surface area contributed by atoms with Gasteiger partial charge in [-0.3, -0.25) is 4.79 Å². The van der Waals surface area contributed by atoms with E-state index in [9.17, 15) is 14.7 Å². The van der Waals surface area contributed by atoms with Gasteiger partial charge in [-0.1, -0.05) is 35.4 Å². The third-order valence-corrected chi connectivity index (χ3v) is 4.54. The third kappa shape index (κ3) is 4.48. The Kier molecular flexibility index (Phi) is 5.78. The number of hydrogen-bond acceptors (Lipinski definition) is 3. The minimum atomic E-state index is -0.444. The van der Waals surface area contributed by atoms with Crippen LogP contribution < -0.4 is 10.9 Å². The summed E-state index contributed by atoms with van der Waals surface area (Å²) in [5.41, 5.74) is 2.46. The van der Waals surface area contributed by atoms with E-state index in [1.807, 2.05) is 25.1 Å². The number of carbonyl (C=O) groups excluding carboxylic acids is 1. The summed E-state index contributed by atoms with van der Waals surface area (Å²) in [5, 5.41) is 13.3. The number of fused-ring (bicyclic) bond motifs is 1. The van der Waals surface area contributed by atoms with Crippen molar-refractivity contribution >= 4 is 34.2 Å². The van der Waals surface area contributed by atoms with Gasteiger partial charge in [-0.2, -0.15) is 0 Å². The van der Waals surface area contributed by atoms with E-state index >= 15 is 0 Å². The Morgan fingerprint density at radius 2 is 2.00 bits per heavy atom. The summed E-state index contributed by atoms with van der Waals surface area (Å²) in [7, 11) is 0. The van der Waals surface area contributed by atoms with Crippen LogP contribution >= 0.6 is 11.6 Å². The number of aliphatic hydroxyl groups is 1. The van der Waals surface area contributed by atoms with E-state index in [1.165, 1.54) is 4.90 Å². The third-order valence-electron chi connectivity index (χ3n) is 4.21. The second-order valence-corrected chi connectivity index (χ2v) is 6.68. The molecule has 0 saturated heterocycles. The van der Waals surface area contributed by atoms with Gasteiger partial charge in [0.15, 0.2) is 0 Å². The molecule has 1 heterocycles. The molecule has 0 bridgehead atoms. The summed E-state index contributed by atoms with van der Waals surface area (Å²) in [5.74, 6) is 0. The summed E-state index contributed by atoms with van der Waals surface area (Å²) in [6.07, 6.45) is 0. The van der Waals surface area contributed by atoms with Gasteiger partial charge in [-0.15, -0.1) is 0 Å². The van der Waals surface area contributed by atoms with Crippen LogP contribution in [0.1, 0.15) is 11.1 Å². The highest BCUT2D eigenvalue weighted by molar-refractivity contribution is 6.33. The largest absolute Gasteiger partial charge is 0.395 e. The van der Waals surface area contributed by atoms with Gasteiger partial charge >= 0.3 is 6.03 Å². The molecule has 0 aliphatic rings. The van der Waals surface area contributed by atoms with Crippen LogP contribution in [0.25, 0.3) is 10.9 Å². The maximum absolute atomic E-state index is 12.6. The first-order valence-electron chi connectivity index (χ1n) is 8.52. The lowest BCUT2D eigenvalue weighted by Crippen LogP contribution is -2.38. The highest BCUT2D eigenvalue weighted by Gasteiger charge is 2.17. The molecule has 0 unspecified atom stereocenters. The van der Waals surface area contributed by atoms with E-state index in [0.29, 0.717) is 16.3 Å².